The van der Waals surface area contributed by atoms with Crippen LogP contribution in [0.2, 0.25) is 0 Å². The standard InChI is InChI=1S/C10H18N4/c1-10(2,3)7-8(11)14(12)9(13-7)6-4-5-6/h6H,4-5,11-12H2,1-3H3. The molecule has 0 saturated heterocycles. The third-order valence-electron chi connectivity index (χ3n) is 2.63. The third-order valence-corrected chi connectivity index (χ3v) is 2.63. The summed E-state index contributed by atoms with van der Waals surface area (Å²) in [6.07, 6.45) is 2.38. The fourth-order valence-electron chi connectivity index (χ4n) is 1.64. The van der Waals surface area contributed by atoms with Gasteiger partial charge in [0.25, 0.3) is 0 Å². The summed E-state index contributed by atoms with van der Waals surface area (Å²) >= 11 is 0. The zero-order valence-corrected chi connectivity index (χ0v) is 9.04. The zero-order valence-electron chi connectivity index (χ0n) is 9.04. The molecule has 78 valence electrons. The molecule has 1 aromatic heterocycles. The normalized spacial score (nSPS) is 17.4. The van der Waals surface area contributed by atoms with Gasteiger partial charge in [0, 0.05) is 11.3 Å². The highest BCUT2D eigenvalue weighted by Gasteiger charge is 2.32. The molecule has 1 aliphatic rings. The van der Waals surface area contributed by atoms with Crippen LogP contribution in [0.5, 0.6) is 0 Å². The van der Waals surface area contributed by atoms with E-state index in [2.05, 4.69) is 25.8 Å². The number of hydrogen-bond donors (Lipinski definition) is 2. The maximum atomic E-state index is 5.93. The Bertz CT molecular complexity index is 355. The lowest BCUT2D eigenvalue weighted by molar-refractivity contribution is 0.573. The van der Waals surface area contributed by atoms with Gasteiger partial charge in [-0.3, -0.25) is 0 Å². The Morgan fingerprint density at radius 2 is 1.93 bits per heavy atom. The van der Waals surface area contributed by atoms with E-state index in [-0.39, 0.29) is 5.41 Å². The fourth-order valence-corrected chi connectivity index (χ4v) is 1.64. The van der Waals surface area contributed by atoms with E-state index >= 15 is 0 Å². The number of imidazole rings is 1. The Morgan fingerprint density at radius 1 is 1.36 bits per heavy atom. The summed E-state index contributed by atoms with van der Waals surface area (Å²) < 4.78 is 1.55. The monoisotopic (exact) mass is 194 g/mol. The Kier molecular flexibility index (Phi) is 1.77. The fraction of sp³-hybridized carbons (Fsp3) is 0.700. The number of hydrogen-bond acceptors (Lipinski definition) is 3. The Morgan fingerprint density at radius 3 is 2.29 bits per heavy atom. The number of nitrogens with zero attached hydrogens (tertiary/aromatic N) is 2. The predicted octanol–water partition coefficient (Wildman–Crippen LogP) is 1.35. The van der Waals surface area contributed by atoms with Crippen molar-refractivity contribution >= 4 is 5.82 Å². The summed E-state index contributed by atoms with van der Waals surface area (Å²) in [7, 11) is 0. The highest BCUT2D eigenvalue weighted by molar-refractivity contribution is 5.43. The van der Waals surface area contributed by atoms with Gasteiger partial charge in [-0.25, -0.2) is 9.66 Å². The van der Waals surface area contributed by atoms with Gasteiger partial charge in [-0.2, -0.15) is 0 Å². The van der Waals surface area contributed by atoms with E-state index in [9.17, 15) is 0 Å². The summed E-state index contributed by atoms with van der Waals surface area (Å²) in [5.74, 6) is 7.97. The number of anilines is 1. The van der Waals surface area contributed by atoms with E-state index in [1.807, 2.05) is 0 Å². The van der Waals surface area contributed by atoms with Gasteiger partial charge < -0.3 is 11.6 Å². The molecule has 0 amide bonds. The maximum Gasteiger partial charge on any atom is 0.146 e. The molecule has 0 radical (unpaired) electrons. The molecular formula is C10H18N4. The van der Waals surface area contributed by atoms with Crippen molar-refractivity contribution in [2.45, 2.75) is 44.9 Å². The van der Waals surface area contributed by atoms with Crippen LogP contribution >= 0.6 is 0 Å². The average molecular weight is 194 g/mol. The van der Waals surface area contributed by atoms with Gasteiger partial charge in [0.05, 0.1) is 5.69 Å². The molecule has 1 heterocycles. The molecule has 1 fully saturated rings. The molecule has 14 heavy (non-hydrogen) atoms. The molecule has 0 atom stereocenters. The first-order valence-corrected chi connectivity index (χ1v) is 5.05. The minimum absolute atomic E-state index is 0.0294. The molecular weight excluding hydrogens is 176 g/mol. The van der Waals surface area contributed by atoms with Crippen LogP contribution in [0, 0.1) is 0 Å². The molecule has 0 aliphatic heterocycles. The van der Waals surface area contributed by atoms with Crippen molar-refractivity contribution in [1.82, 2.24) is 9.66 Å². The molecule has 0 bridgehead atoms. The molecule has 0 aromatic carbocycles. The highest BCUT2D eigenvalue weighted by atomic mass is 15.4. The third kappa shape index (κ3) is 1.35. The van der Waals surface area contributed by atoms with Gasteiger partial charge in [-0.05, 0) is 12.8 Å². The molecule has 1 saturated carbocycles. The van der Waals surface area contributed by atoms with E-state index < -0.39 is 0 Å². The summed E-state index contributed by atoms with van der Waals surface area (Å²) in [6.45, 7) is 6.30. The van der Waals surface area contributed by atoms with Crippen LogP contribution < -0.4 is 11.6 Å². The van der Waals surface area contributed by atoms with Crippen LogP contribution in [0.25, 0.3) is 0 Å². The maximum absolute atomic E-state index is 5.93. The number of aromatic nitrogens is 2. The van der Waals surface area contributed by atoms with E-state index in [0.717, 1.165) is 11.5 Å². The van der Waals surface area contributed by atoms with Crippen molar-refractivity contribution in [3.8, 4) is 0 Å². The SMILES string of the molecule is CC(C)(C)c1nc(C2CC2)n(N)c1N. The van der Waals surface area contributed by atoms with Crippen LogP contribution in [0.1, 0.15) is 51.0 Å². The van der Waals surface area contributed by atoms with E-state index in [0.29, 0.717) is 11.7 Å². The minimum Gasteiger partial charge on any atom is -0.382 e. The highest BCUT2D eigenvalue weighted by Crippen LogP contribution is 2.41. The van der Waals surface area contributed by atoms with Crippen LogP contribution in [-0.4, -0.2) is 9.66 Å². The zero-order chi connectivity index (χ0) is 10.5. The first-order valence-electron chi connectivity index (χ1n) is 5.05. The summed E-state index contributed by atoms with van der Waals surface area (Å²) in [5, 5.41) is 0. The number of nitrogens with two attached hydrogens (primary N) is 2. The Balaban J connectivity index is 2.47. The van der Waals surface area contributed by atoms with Gasteiger partial charge in [-0.1, -0.05) is 20.8 Å². The van der Waals surface area contributed by atoms with Gasteiger partial charge in [-0.15, -0.1) is 0 Å². The smallest absolute Gasteiger partial charge is 0.146 e. The first-order chi connectivity index (χ1) is 6.41. The van der Waals surface area contributed by atoms with Crippen molar-refractivity contribution in [3.05, 3.63) is 11.5 Å². The van der Waals surface area contributed by atoms with Crippen LogP contribution in [0.3, 0.4) is 0 Å². The van der Waals surface area contributed by atoms with Gasteiger partial charge >= 0.3 is 0 Å². The molecule has 0 spiro atoms. The molecule has 1 aliphatic carbocycles. The van der Waals surface area contributed by atoms with Gasteiger partial charge in [0.1, 0.15) is 11.6 Å². The average Bonchev–Trinajstić information content (AvgIpc) is 2.81. The van der Waals surface area contributed by atoms with Crippen molar-refractivity contribution in [2.75, 3.05) is 11.6 Å². The van der Waals surface area contributed by atoms with E-state index in [4.69, 9.17) is 11.6 Å². The van der Waals surface area contributed by atoms with Gasteiger partial charge in [0.15, 0.2) is 0 Å². The Labute approximate surface area is 84.3 Å². The number of rotatable bonds is 1. The first kappa shape index (κ1) is 9.37. The summed E-state index contributed by atoms with van der Waals surface area (Å²) in [5.41, 5.74) is 6.82. The van der Waals surface area contributed by atoms with Gasteiger partial charge in [0.2, 0.25) is 0 Å². The van der Waals surface area contributed by atoms with E-state index in [1.54, 1.807) is 4.68 Å². The topological polar surface area (TPSA) is 69.9 Å². The van der Waals surface area contributed by atoms with Crippen molar-refractivity contribution in [2.24, 2.45) is 0 Å². The molecule has 4 heteroatoms. The molecule has 1 aromatic rings. The lowest BCUT2D eigenvalue weighted by atomic mass is 9.92. The molecule has 2 rings (SSSR count). The summed E-state index contributed by atoms with van der Waals surface area (Å²) in [6, 6.07) is 0. The van der Waals surface area contributed by atoms with Crippen molar-refractivity contribution in [1.29, 1.82) is 0 Å². The minimum atomic E-state index is -0.0294. The summed E-state index contributed by atoms with van der Waals surface area (Å²) in [4.78, 5) is 4.56. The molecule has 4 nitrogen and oxygen atoms in total. The second-order valence-corrected chi connectivity index (χ2v) is 5.10. The van der Waals surface area contributed by atoms with E-state index in [1.165, 1.54) is 12.8 Å². The second kappa shape index (κ2) is 2.65. The molecule has 0 unspecified atom stereocenters. The Hall–Kier alpha value is -1.19. The van der Waals surface area contributed by atoms with Crippen LogP contribution in [0.15, 0.2) is 0 Å². The van der Waals surface area contributed by atoms with Crippen LogP contribution in [-0.2, 0) is 5.41 Å². The van der Waals surface area contributed by atoms with Crippen LogP contribution in [0.4, 0.5) is 5.82 Å². The van der Waals surface area contributed by atoms with Crippen molar-refractivity contribution in [3.63, 3.8) is 0 Å². The second-order valence-electron chi connectivity index (χ2n) is 5.10. The lowest BCUT2D eigenvalue weighted by Crippen LogP contribution is -2.18. The van der Waals surface area contributed by atoms with Crippen molar-refractivity contribution < 1.29 is 0 Å². The quantitative estimate of drug-likeness (QED) is 0.663. The predicted molar refractivity (Wildman–Crippen MR) is 57.5 cm³/mol. The number of nitrogen functional groups attached to an aromatic ring is 2. The molecule has 4 N–H and O–H groups in total. The lowest BCUT2D eigenvalue weighted by Gasteiger charge is -2.15. The largest absolute Gasteiger partial charge is 0.382 e.